The standard InChI is InChI=1S/C18H25N5/c1-2-5-16(6-3-1)8-10-21-11-13-22(14-12-21)15-18-20-19-17-7-4-9-23(17)18/h1-3,5-6H,4,7-15H2. The molecule has 1 aromatic carbocycles. The summed E-state index contributed by atoms with van der Waals surface area (Å²) in [6.07, 6.45) is 3.48. The van der Waals surface area contributed by atoms with Crippen molar-refractivity contribution >= 4 is 0 Å². The molecule has 0 unspecified atom stereocenters. The van der Waals surface area contributed by atoms with Crippen molar-refractivity contribution in [3.8, 4) is 0 Å². The molecular weight excluding hydrogens is 286 g/mol. The van der Waals surface area contributed by atoms with E-state index >= 15 is 0 Å². The van der Waals surface area contributed by atoms with Gasteiger partial charge in [-0.25, -0.2) is 0 Å². The van der Waals surface area contributed by atoms with Crippen molar-refractivity contribution in [3.05, 3.63) is 47.5 Å². The molecule has 2 aliphatic heterocycles. The first-order valence-corrected chi connectivity index (χ1v) is 8.78. The van der Waals surface area contributed by atoms with E-state index in [4.69, 9.17) is 0 Å². The van der Waals surface area contributed by atoms with Gasteiger partial charge in [-0.15, -0.1) is 10.2 Å². The third kappa shape index (κ3) is 3.46. The summed E-state index contributed by atoms with van der Waals surface area (Å²) < 4.78 is 2.32. The molecule has 4 rings (SSSR count). The van der Waals surface area contributed by atoms with Gasteiger partial charge in [-0.1, -0.05) is 30.3 Å². The topological polar surface area (TPSA) is 37.2 Å². The number of nitrogens with zero attached hydrogens (tertiary/aromatic N) is 5. The van der Waals surface area contributed by atoms with Crippen LogP contribution < -0.4 is 0 Å². The molecule has 0 atom stereocenters. The lowest BCUT2D eigenvalue weighted by molar-refractivity contribution is 0.125. The van der Waals surface area contributed by atoms with Crippen LogP contribution in [0.25, 0.3) is 0 Å². The van der Waals surface area contributed by atoms with Crippen molar-refractivity contribution in [2.45, 2.75) is 32.4 Å². The van der Waals surface area contributed by atoms with E-state index in [1.54, 1.807) is 0 Å². The molecule has 0 amide bonds. The van der Waals surface area contributed by atoms with Crippen molar-refractivity contribution in [2.75, 3.05) is 32.7 Å². The molecule has 0 N–H and O–H groups in total. The first-order valence-electron chi connectivity index (χ1n) is 8.78. The van der Waals surface area contributed by atoms with Gasteiger partial charge in [0.05, 0.1) is 6.54 Å². The Morgan fingerprint density at radius 3 is 2.48 bits per heavy atom. The highest BCUT2D eigenvalue weighted by Gasteiger charge is 2.22. The van der Waals surface area contributed by atoms with Crippen LogP contribution in [0.4, 0.5) is 0 Å². The van der Waals surface area contributed by atoms with Crippen LogP contribution >= 0.6 is 0 Å². The quantitative estimate of drug-likeness (QED) is 0.840. The predicted octanol–water partition coefficient (Wildman–Crippen LogP) is 1.58. The lowest BCUT2D eigenvalue weighted by Gasteiger charge is -2.34. The number of hydrogen-bond donors (Lipinski definition) is 0. The van der Waals surface area contributed by atoms with E-state index in [-0.39, 0.29) is 0 Å². The van der Waals surface area contributed by atoms with Crippen LogP contribution in [0, 0.1) is 0 Å². The van der Waals surface area contributed by atoms with Gasteiger partial charge in [0.1, 0.15) is 11.6 Å². The van der Waals surface area contributed by atoms with E-state index in [0.29, 0.717) is 0 Å². The zero-order valence-electron chi connectivity index (χ0n) is 13.7. The molecule has 23 heavy (non-hydrogen) atoms. The molecule has 5 heteroatoms. The van der Waals surface area contributed by atoms with E-state index in [0.717, 1.165) is 64.5 Å². The second-order valence-corrected chi connectivity index (χ2v) is 6.64. The van der Waals surface area contributed by atoms with Crippen molar-refractivity contribution < 1.29 is 0 Å². The van der Waals surface area contributed by atoms with E-state index < -0.39 is 0 Å². The molecular formula is C18H25N5. The number of hydrogen-bond acceptors (Lipinski definition) is 4. The summed E-state index contributed by atoms with van der Waals surface area (Å²) in [7, 11) is 0. The summed E-state index contributed by atoms with van der Waals surface area (Å²) in [6, 6.07) is 10.8. The minimum Gasteiger partial charge on any atom is -0.314 e. The largest absolute Gasteiger partial charge is 0.314 e. The normalized spacial score (nSPS) is 19.1. The number of fused-ring (bicyclic) bond motifs is 1. The average molecular weight is 311 g/mol. The first-order chi connectivity index (χ1) is 11.4. The van der Waals surface area contributed by atoms with Crippen LogP contribution in [0.3, 0.4) is 0 Å². The van der Waals surface area contributed by atoms with Gasteiger partial charge in [-0.2, -0.15) is 0 Å². The number of rotatable bonds is 5. The summed E-state index contributed by atoms with van der Waals surface area (Å²) in [5, 5.41) is 8.70. The molecule has 0 saturated carbocycles. The Morgan fingerprint density at radius 1 is 0.870 bits per heavy atom. The molecule has 2 aromatic rings. The number of piperazine rings is 1. The summed E-state index contributed by atoms with van der Waals surface area (Å²) in [6.45, 7) is 7.82. The summed E-state index contributed by atoms with van der Waals surface area (Å²) in [4.78, 5) is 5.10. The number of aryl methyl sites for hydroxylation is 1. The Morgan fingerprint density at radius 2 is 1.65 bits per heavy atom. The summed E-state index contributed by atoms with van der Waals surface area (Å²) in [5.41, 5.74) is 1.44. The fourth-order valence-corrected chi connectivity index (χ4v) is 3.63. The minimum atomic E-state index is 0.958. The van der Waals surface area contributed by atoms with E-state index in [2.05, 4.69) is 54.9 Å². The van der Waals surface area contributed by atoms with Crippen molar-refractivity contribution in [1.29, 1.82) is 0 Å². The van der Waals surface area contributed by atoms with E-state index in [9.17, 15) is 0 Å². The molecule has 0 bridgehead atoms. The van der Waals surface area contributed by atoms with Gasteiger partial charge >= 0.3 is 0 Å². The molecule has 0 aliphatic carbocycles. The summed E-state index contributed by atoms with van der Waals surface area (Å²) in [5.74, 6) is 2.34. The average Bonchev–Trinajstić information content (AvgIpc) is 3.20. The molecule has 0 radical (unpaired) electrons. The molecule has 1 fully saturated rings. The summed E-state index contributed by atoms with van der Waals surface area (Å²) >= 11 is 0. The lowest BCUT2D eigenvalue weighted by Crippen LogP contribution is -2.46. The van der Waals surface area contributed by atoms with Gasteiger partial charge in [0.2, 0.25) is 0 Å². The van der Waals surface area contributed by atoms with Gasteiger partial charge in [0.15, 0.2) is 0 Å². The van der Waals surface area contributed by atoms with E-state index in [1.807, 2.05) is 0 Å². The second kappa shape index (κ2) is 6.81. The Bertz CT molecular complexity index is 628. The molecule has 1 aromatic heterocycles. The molecule has 122 valence electrons. The first kappa shape index (κ1) is 14.8. The Hall–Kier alpha value is -1.72. The third-order valence-electron chi connectivity index (χ3n) is 5.08. The number of benzene rings is 1. The highest BCUT2D eigenvalue weighted by Crippen LogP contribution is 2.16. The minimum absolute atomic E-state index is 0.958. The Kier molecular flexibility index (Phi) is 4.39. The Balaban J connectivity index is 1.24. The van der Waals surface area contributed by atoms with Crippen LogP contribution in [-0.2, 0) is 25.9 Å². The van der Waals surface area contributed by atoms with Crippen LogP contribution in [0.1, 0.15) is 23.6 Å². The SMILES string of the molecule is c1ccc(CCN2CCN(Cc3nnc4n3CCC4)CC2)cc1. The monoisotopic (exact) mass is 311 g/mol. The van der Waals surface area contributed by atoms with Crippen molar-refractivity contribution in [2.24, 2.45) is 0 Å². The van der Waals surface area contributed by atoms with Crippen LogP contribution in [-0.4, -0.2) is 57.3 Å². The smallest absolute Gasteiger partial charge is 0.147 e. The third-order valence-corrected chi connectivity index (χ3v) is 5.08. The van der Waals surface area contributed by atoms with Crippen molar-refractivity contribution in [1.82, 2.24) is 24.6 Å². The van der Waals surface area contributed by atoms with Crippen LogP contribution in [0.5, 0.6) is 0 Å². The maximum atomic E-state index is 4.38. The molecule has 1 saturated heterocycles. The molecule has 5 nitrogen and oxygen atoms in total. The van der Waals surface area contributed by atoms with Gasteiger partial charge < -0.3 is 9.47 Å². The molecule has 0 spiro atoms. The fourth-order valence-electron chi connectivity index (χ4n) is 3.63. The zero-order valence-corrected chi connectivity index (χ0v) is 13.7. The fraction of sp³-hybridized carbons (Fsp3) is 0.556. The highest BCUT2D eigenvalue weighted by molar-refractivity contribution is 5.14. The van der Waals surface area contributed by atoms with Crippen molar-refractivity contribution in [3.63, 3.8) is 0 Å². The van der Waals surface area contributed by atoms with Gasteiger partial charge in [0, 0.05) is 45.7 Å². The van der Waals surface area contributed by atoms with E-state index in [1.165, 1.54) is 17.8 Å². The second-order valence-electron chi connectivity index (χ2n) is 6.64. The molecule has 2 aliphatic rings. The van der Waals surface area contributed by atoms with Gasteiger partial charge in [-0.05, 0) is 18.4 Å². The zero-order chi connectivity index (χ0) is 15.5. The molecule has 3 heterocycles. The predicted molar refractivity (Wildman–Crippen MR) is 90.2 cm³/mol. The Labute approximate surface area is 137 Å². The number of aromatic nitrogens is 3. The van der Waals surface area contributed by atoms with Gasteiger partial charge in [0.25, 0.3) is 0 Å². The maximum Gasteiger partial charge on any atom is 0.147 e. The lowest BCUT2D eigenvalue weighted by atomic mass is 10.1. The van der Waals surface area contributed by atoms with Crippen LogP contribution in [0.2, 0.25) is 0 Å². The highest BCUT2D eigenvalue weighted by atomic mass is 15.3. The van der Waals surface area contributed by atoms with Crippen LogP contribution in [0.15, 0.2) is 30.3 Å². The maximum absolute atomic E-state index is 4.38. The van der Waals surface area contributed by atoms with Gasteiger partial charge in [-0.3, -0.25) is 4.90 Å².